The number of piperidine rings is 1. The highest BCUT2D eigenvalue weighted by molar-refractivity contribution is 7.09. The van der Waals surface area contributed by atoms with Crippen LogP contribution in [0.3, 0.4) is 0 Å². The third-order valence-electron chi connectivity index (χ3n) is 2.90. The molecule has 90 valence electrons. The molecule has 0 atom stereocenters. The van der Waals surface area contributed by atoms with Crippen LogP contribution in [0.1, 0.15) is 29.5 Å². The molecular formula is C10H13F3N2S. The molecule has 2 rings (SSSR count). The van der Waals surface area contributed by atoms with Gasteiger partial charge in [0, 0.05) is 11.3 Å². The lowest BCUT2D eigenvalue weighted by molar-refractivity contribution is -0.137. The third-order valence-corrected chi connectivity index (χ3v) is 3.81. The van der Waals surface area contributed by atoms with E-state index in [1.165, 1.54) is 0 Å². The molecule has 0 aromatic carbocycles. The second kappa shape index (κ2) is 4.33. The maximum Gasteiger partial charge on any atom is 0.443 e. The predicted octanol–water partition coefficient (Wildman–Crippen LogP) is 2.97. The number of hydrogen-bond donors (Lipinski definition) is 0. The highest BCUT2D eigenvalue weighted by Gasteiger charge is 2.35. The standard InChI is InChI=1S/C10H13F3N2S/c1-15-4-2-7(3-5-15)8-6-16-9(14-8)10(11,12)13/h6-7H,2-5H2,1H3. The van der Waals surface area contributed by atoms with Crippen LogP contribution in [0.15, 0.2) is 5.38 Å². The third kappa shape index (κ3) is 2.55. The van der Waals surface area contributed by atoms with Gasteiger partial charge in [-0.25, -0.2) is 4.98 Å². The maximum atomic E-state index is 12.4. The molecule has 0 bridgehead atoms. The zero-order valence-corrected chi connectivity index (χ0v) is 9.74. The van der Waals surface area contributed by atoms with E-state index in [0.29, 0.717) is 17.0 Å². The van der Waals surface area contributed by atoms with Crippen molar-refractivity contribution in [3.05, 3.63) is 16.1 Å². The highest BCUT2D eigenvalue weighted by Crippen LogP contribution is 2.35. The first-order chi connectivity index (χ1) is 7.47. The quantitative estimate of drug-likeness (QED) is 0.761. The minimum atomic E-state index is -4.30. The Morgan fingerprint density at radius 2 is 2.00 bits per heavy atom. The Hall–Kier alpha value is -0.620. The van der Waals surface area contributed by atoms with Gasteiger partial charge in [0.15, 0.2) is 5.01 Å². The van der Waals surface area contributed by atoms with E-state index in [0.717, 1.165) is 25.9 Å². The number of aromatic nitrogens is 1. The summed E-state index contributed by atoms with van der Waals surface area (Å²) in [6.45, 7) is 1.87. The molecule has 1 aromatic heterocycles. The molecule has 1 fully saturated rings. The summed E-state index contributed by atoms with van der Waals surface area (Å²) in [4.78, 5) is 5.89. The number of thiazole rings is 1. The lowest BCUT2D eigenvalue weighted by Crippen LogP contribution is -2.29. The largest absolute Gasteiger partial charge is 0.443 e. The van der Waals surface area contributed by atoms with E-state index in [2.05, 4.69) is 9.88 Å². The molecule has 1 aliphatic heterocycles. The van der Waals surface area contributed by atoms with Gasteiger partial charge in [0.25, 0.3) is 0 Å². The van der Waals surface area contributed by atoms with Crippen LogP contribution >= 0.6 is 11.3 Å². The average Bonchev–Trinajstić information content (AvgIpc) is 2.67. The van der Waals surface area contributed by atoms with E-state index >= 15 is 0 Å². The Balaban J connectivity index is 2.08. The Bertz CT molecular complexity index is 353. The molecular weight excluding hydrogens is 237 g/mol. The van der Waals surface area contributed by atoms with Crippen molar-refractivity contribution in [2.45, 2.75) is 24.9 Å². The number of hydrogen-bond acceptors (Lipinski definition) is 3. The zero-order valence-electron chi connectivity index (χ0n) is 8.92. The fraction of sp³-hybridized carbons (Fsp3) is 0.700. The summed E-state index contributed by atoms with van der Waals surface area (Å²) in [5.41, 5.74) is 0.616. The van der Waals surface area contributed by atoms with Gasteiger partial charge in [0.05, 0.1) is 5.69 Å². The van der Waals surface area contributed by atoms with Gasteiger partial charge in [-0.05, 0) is 33.0 Å². The van der Waals surface area contributed by atoms with Crippen molar-refractivity contribution in [3.63, 3.8) is 0 Å². The van der Waals surface area contributed by atoms with E-state index in [9.17, 15) is 13.2 Å². The van der Waals surface area contributed by atoms with Gasteiger partial charge in [-0.3, -0.25) is 0 Å². The van der Waals surface area contributed by atoms with Crippen molar-refractivity contribution in [2.24, 2.45) is 0 Å². The fourth-order valence-corrected chi connectivity index (χ4v) is 2.68. The van der Waals surface area contributed by atoms with Crippen LogP contribution in [0, 0.1) is 0 Å². The average molecular weight is 250 g/mol. The van der Waals surface area contributed by atoms with Crippen LogP contribution in [-0.4, -0.2) is 30.0 Å². The Morgan fingerprint density at radius 1 is 1.38 bits per heavy atom. The van der Waals surface area contributed by atoms with Crippen molar-refractivity contribution in [2.75, 3.05) is 20.1 Å². The molecule has 16 heavy (non-hydrogen) atoms. The van der Waals surface area contributed by atoms with Crippen LogP contribution in [0.5, 0.6) is 0 Å². The van der Waals surface area contributed by atoms with Gasteiger partial charge >= 0.3 is 6.18 Å². The molecule has 1 saturated heterocycles. The van der Waals surface area contributed by atoms with Crippen molar-refractivity contribution >= 4 is 11.3 Å². The van der Waals surface area contributed by atoms with Gasteiger partial charge in [-0.2, -0.15) is 13.2 Å². The van der Waals surface area contributed by atoms with Crippen molar-refractivity contribution in [1.82, 2.24) is 9.88 Å². The molecule has 0 aliphatic carbocycles. The number of halogens is 3. The summed E-state index contributed by atoms with van der Waals surface area (Å²) in [7, 11) is 2.03. The molecule has 0 radical (unpaired) electrons. The molecule has 0 N–H and O–H groups in total. The Kier molecular flexibility index (Phi) is 3.21. The summed E-state index contributed by atoms with van der Waals surface area (Å²) >= 11 is 0.701. The predicted molar refractivity (Wildman–Crippen MR) is 56.6 cm³/mol. The van der Waals surface area contributed by atoms with Crippen LogP contribution in [0.4, 0.5) is 13.2 Å². The first-order valence-corrected chi connectivity index (χ1v) is 6.06. The molecule has 0 amide bonds. The molecule has 0 spiro atoms. The van der Waals surface area contributed by atoms with Crippen molar-refractivity contribution in [1.29, 1.82) is 0 Å². The number of rotatable bonds is 1. The lowest BCUT2D eigenvalue weighted by atomic mass is 9.95. The molecule has 0 saturated carbocycles. The van der Waals surface area contributed by atoms with Crippen LogP contribution in [-0.2, 0) is 6.18 Å². The van der Waals surface area contributed by atoms with Gasteiger partial charge in [0.2, 0.25) is 0 Å². The first kappa shape index (κ1) is 11.9. The highest BCUT2D eigenvalue weighted by atomic mass is 32.1. The minimum absolute atomic E-state index is 0.198. The molecule has 1 aliphatic rings. The van der Waals surface area contributed by atoms with E-state index in [1.807, 2.05) is 7.05 Å². The summed E-state index contributed by atoms with van der Waals surface area (Å²) in [6, 6.07) is 0. The number of likely N-dealkylation sites (tertiary alicyclic amines) is 1. The van der Waals surface area contributed by atoms with E-state index in [4.69, 9.17) is 0 Å². The van der Waals surface area contributed by atoms with Gasteiger partial charge in [0.1, 0.15) is 0 Å². The Labute approximate surface area is 96.1 Å². The van der Waals surface area contributed by atoms with Crippen LogP contribution in [0.25, 0.3) is 0 Å². The SMILES string of the molecule is CN1CCC(c2csc(C(F)(F)F)n2)CC1. The second-order valence-electron chi connectivity index (χ2n) is 4.15. The first-order valence-electron chi connectivity index (χ1n) is 5.18. The zero-order chi connectivity index (χ0) is 11.8. The number of nitrogens with zero attached hydrogens (tertiary/aromatic N) is 2. The maximum absolute atomic E-state index is 12.4. The molecule has 0 unspecified atom stereocenters. The molecule has 2 heterocycles. The smallest absolute Gasteiger partial charge is 0.306 e. The molecule has 2 nitrogen and oxygen atoms in total. The van der Waals surface area contributed by atoms with E-state index in [-0.39, 0.29) is 5.92 Å². The molecule has 1 aromatic rings. The normalized spacial score (nSPS) is 20.2. The summed E-state index contributed by atoms with van der Waals surface area (Å²) in [5.74, 6) is 0.198. The summed E-state index contributed by atoms with van der Waals surface area (Å²) in [5, 5.41) is 0.833. The summed E-state index contributed by atoms with van der Waals surface area (Å²) in [6.07, 6.45) is -2.50. The number of alkyl halides is 3. The van der Waals surface area contributed by atoms with Gasteiger partial charge < -0.3 is 4.90 Å². The lowest BCUT2D eigenvalue weighted by Gasteiger charge is -2.27. The minimum Gasteiger partial charge on any atom is -0.306 e. The van der Waals surface area contributed by atoms with Crippen LogP contribution in [0.2, 0.25) is 0 Å². The van der Waals surface area contributed by atoms with Gasteiger partial charge in [-0.1, -0.05) is 0 Å². The fourth-order valence-electron chi connectivity index (χ4n) is 1.91. The Morgan fingerprint density at radius 3 is 2.50 bits per heavy atom. The summed E-state index contributed by atoms with van der Waals surface area (Å²) < 4.78 is 37.1. The van der Waals surface area contributed by atoms with E-state index in [1.54, 1.807) is 5.38 Å². The van der Waals surface area contributed by atoms with Gasteiger partial charge in [-0.15, -0.1) is 11.3 Å². The van der Waals surface area contributed by atoms with Crippen LogP contribution < -0.4 is 0 Å². The second-order valence-corrected chi connectivity index (χ2v) is 5.01. The monoisotopic (exact) mass is 250 g/mol. The topological polar surface area (TPSA) is 16.1 Å². The van der Waals surface area contributed by atoms with Crippen molar-refractivity contribution < 1.29 is 13.2 Å². The molecule has 6 heteroatoms. The van der Waals surface area contributed by atoms with E-state index < -0.39 is 11.2 Å². The van der Waals surface area contributed by atoms with Crippen molar-refractivity contribution in [3.8, 4) is 0 Å².